The fourth-order valence-electron chi connectivity index (χ4n) is 4.82. The Morgan fingerprint density at radius 1 is 0.963 bits per heavy atom. The van der Waals surface area contributed by atoms with Crippen molar-refractivity contribution in [1.82, 2.24) is 0 Å². The Morgan fingerprint density at radius 3 is 2.19 bits per heavy atom. The van der Waals surface area contributed by atoms with Gasteiger partial charge >= 0.3 is 0 Å². The van der Waals surface area contributed by atoms with Gasteiger partial charge in [0.15, 0.2) is 12.4 Å². The monoisotopic (exact) mass is 390 g/mol. The molecule has 0 N–H and O–H groups in total. The van der Waals surface area contributed by atoms with Gasteiger partial charge in [0.1, 0.15) is 6.10 Å². The maximum absolute atomic E-state index is 7.01. The van der Waals surface area contributed by atoms with Gasteiger partial charge < -0.3 is 18.6 Å². The van der Waals surface area contributed by atoms with Crippen LogP contribution in [0.15, 0.2) is 42.7 Å². The average Bonchev–Trinajstić information content (AvgIpc) is 2.65. The predicted octanol–water partition coefficient (Wildman–Crippen LogP) is 5.57. The van der Waals surface area contributed by atoms with Crippen LogP contribution in [0.4, 0.5) is 0 Å². The Morgan fingerprint density at radius 2 is 1.59 bits per heavy atom. The fourth-order valence-corrected chi connectivity index (χ4v) is 10.3. The molecule has 4 atom stereocenters. The second-order valence-electron chi connectivity index (χ2n) is 8.58. The first-order chi connectivity index (χ1) is 12.9. The second kappa shape index (κ2) is 8.48. The topological polar surface area (TPSA) is 36.9 Å². The number of fused-ring (bicyclic) bond motifs is 1. The zero-order valence-corrected chi connectivity index (χ0v) is 18.4. The van der Waals surface area contributed by atoms with E-state index < -0.39 is 8.32 Å². The minimum Gasteiger partial charge on any atom is -0.493 e. The van der Waals surface area contributed by atoms with E-state index in [1.807, 2.05) is 36.4 Å². The third-order valence-electron chi connectivity index (χ3n) is 6.02. The minimum absolute atomic E-state index is 0.0993. The molecular formula is C22H34O4Si. The average molecular weight is 391 g/mol. The molecule has 0 spiro atoms. The fraction of sp³-hybridized carbons (Fsp3) is 0.636. The van der Waals surface area contributed by atoms with E-state index in [0.717, 1.165) is 5.56 Å². The minimum atomic E-state index is -2.02. The Labute approximate surface area is 165 Å². The maximum atomic E-state index is 7.01. The van der Waals surface area contributed by atoms with E-state index in [4.69, 9.17) is 18.6 Å². The van der Waals surface area contributed by atoms with Crippen LogP contribution in [-0.4, -0.2) is 33.2 Å². The van der Waals surface area contributed by atoms with Crippen LogP contribution in [0, 0.1) is 0 Å². The van der Waals surface area contributed by atoms with Crippen LogP contribution in [0.5, 0.6) is 0 Å². The zero-order chi connectivity index (χ0) is 19.6. The molecule has 1 aromatic carbocycles. The highest BCUT2D eigenvalue weighted by Crippen LogP contribution is 2.45. The summed E-state index contributed by atoms with van der Waals surface area (Å²) in [4.78, 5) is 0. The van der Waals surface area contributed by atoms with Crippen LogP contribution in [-0.2, 0) is 18.6 Å². The predicted molar refractivity (Wildman–Crippen MR) is 110 cm³/mol. The van der Waals surface area contributed by atoms with Crippen molar-refractivity contribution in [3.8, 4) is 0 Å². The van der Waals surface area contributed by atoms with E-state index in [-0.39, 0.29) is 24.6 Å². The number of hydrogen-bond acceptors (Lipinski definition) is 4. The molecule has 1 fully saturated rings. The van der Waals surface area contributed by atoms with Gasteiger partial charge in [0, 0.05) is 5.56 Å². The molecule has 5 heteroatoms. The van der Waals surface area contributed by atoms with E-state index >= 15 is 0 Å². The second-order valence-corrected chi connectivity index (χ2v) is 14.0. The molecule has 2 aliphatic heterocycles. The number of rotatable bonds is 6. The molecule has 0 amide bonds. The first-order valence-corrected chi connectivity index (χ1v) is 12.3. The lowest BCUT2D eigenvalue weighted by molar-refractivity contribution is -0.275. The van der Waals surface area contributed by atoms with Crippen molar-refractivity contribution in [3.05, 3.63) is 48.2 Å². The van der Waals surface area contributed by atoms with E-state index in [2.05, 4.69) is 41.5 Å². The summed E-state index contributed by atoms with van der Waals surface area (Å²) in [7, 11) is -2.02. The van der Waals surface area contributed by atoms with Crippen molar-refractivity contribution in [1.29, 1.82) is 0 Å². The van der Waals surface area contributed by atoms with Gasteiger partial charge in [-0.25, -0.2) is 0 Å². The van der Waals surface area contributed by atoms with E-state index in [1.165, 1.54) is 0 Å². The van der Waals surface area contributed by atoms with Gasteiger partial charge in [-0.2, -0.15) is 0 Å². The van der Waals surface area contributed by atoms with Crippen molar-refractivity contribution in [2.24, 2.45) is 0 Å². The summed E-state index contributed by atoms with van der Waals surface area (Å²) in [6, 6.07) is 10.1. The SMILES string of the molecule is CC(C)[Si](O[C@@H]1C=CO[C@@H]2CO[C@@H](c3ccccc3)O[C@@H]12)(C(C)C)C(C)C. The highest BCUT2D eigenvalue weighted by atomic mass is 28.4. The largest absolute Gasteiger partial charge is 0.493 e. The number of benzene rings is 1. The van der Waals surface area contributed by atoms with Crippen molar-refractivity contribution in [3.63, 3.8) is 0 Å². The molecular weight excluding hydrogens is 356 g/mol. The summed E-state index contributed by atoms with van der Waals surface area (Å²) in [6.07, 6.45) is 3.04. The lowest BCUT2D eigenvalue weighted by Gasteiger charge is -2.48. The van der Waals surface area contributed by atoms with E-state index in [1.54, 1.807) is 6.26 Å². The summed E-state index contributed by atoms with van der Waals surface area (Å²) >= 11 is 0. The Kier molecular flexibility index (Phi) is 6.46. The van der Waals surface area contributed by atoms with E-state index in [0.29, 0.717) is 23.2 Å². The zero-order valence-electron chi connectivity index (χ0n) is 17.4. The number of hydrogen-bond donors (Lipinski definition) is 0. The molecule has 3 rings (SSSR count). The van der Waals surface area contributed by atoms with Gasteiger partial charge in [-0.05, 0) is 22.7 Å². The molecule has 4 nitrogen and oxygen atoms in total. The van der Waals surface area contributed by atoms with Gasteiger partial charge in [0.2, 0.25) is 8.32 Å². The van der Waals surface area contributed by atoms with Gasteiger partial charge in [-0.3, -0.25) is 0 Å². The molecule has 2 heterocycles. The summed E-state index contributed by atoms with van der Waals surface area (Å²) in [5.74, 6) is 0. The lowest BCUT2D eigenvalue weighted by atomic mass is 10.0. The van der Waals surface area contributed by atoms with Gasteiger partial charge in [0.05, 0.1) is 19.0 Å². The third-order valence-corrected chi connectivity index (χ3v) is 12.1. The summed E-state index contributed by atoms with van der Waals surface area (Å²) < 4.78 is 25.1. The molecule has 0 aromatic heterocycles. The Bertz CT molecular complexity index is 607. The van der Waals surface area contributed by atoms with Crippen LogP contribution >= 0.6 is 0 Å². The van der Waals surface area contributed by atoms with Gasteiger partial charge in [-0.1, -0.05) is 71.9 Å². The van der Waals surface area contributed by atoms with Gasteiger partial charge in [-0.15, -0.1) is 0 Å². The summed E-state index contributed by atoms with van der Waals surface area (Å²) in [6.45, 7) is 14.4. The molecule has 150 valence electrons. The maximum Gasteiger partial charge on any atom is 0.201 e. The van der Waals surface area contributed by atoms with Crippen molar-refractivity contribution in [2.75, 3.05) is 6.61 Å². The lowest BCUT2D eigenvalue weighted by Crippen LogP contribution is -2.57. The molecule has 0 aliphatic carbocycles. The van der Waals surface area contributed by atoms with Crippen LogP contribution < -0.4 is 0 Å². The molecule has 1 aromatic rings. The van der Waals surface area contributed by atoms with Crippen LogP contribution in [0.25, 0.3) is 0 Å². The molecule has 1 saturated heterocycles. The van der Waals surface area contributed by atoms with Crippen molar-refractivity contribution >= 4 is 8.32 Å². The smallest absolute Gasteiger partial charge is 0.201 e. The van der Waals surface area contributed by atoms with Crippen LogP contribution in [0.3, 0.4) is 0 Å². The molecule has 0 radical (unpaired) electrons. The molecule has 0 bridgehead atoms. The van der Waals surface area contributed by atoms with E-state index in [9.17, 15) is 0 Å². The van der Waals surface area contributed by atoms with Crippen molar-refractivity contribution < 1.29 is 18.6 Å². The molecule has 0 unspecified atom stereocenters. The highest BCUT2D eigenvalue weighted by Gasteiger charge is 2.50. The molecule has 2 aliphatic rings. The third kappa shape index (κ3) is 4.02. The van der Waals surface area contributed by atoms with Crippen LogP contribution in [0.1, 0.15) is 53.4 Å². The first-order valence-electron chi connectivity index (χ1n) is 10.2. The highest BCUT2D eigenvalue weighted by molar-refractivity contribution is 6.77. The number of ether oxygens (including phenoxy) is 3. The first kappa shape index (κ1) is 20.6. The standard InChI is InChI=1S/C22H34O4Si/c1-15(2)27(16(3)4,17(5)6)26-19-12-13-23-20-14-24-22(25-21(19)20)18-10-8-7-9-11-18/h7-13,15-17,19-22H,14H2,1-6H3/t19-,20-,21+,22-/m1/s1. The molecule has 27 heavy (non-hydrogen) atoms. The normalized spacial score (nSPS) is 28.5. The Hall–Kier alpha value is -1.14. The van der Waals surface area contributed by atoms with Gasteiger partial charge in [0.25, 0.3) is 0 Å². The van der Waals surface area contributed by atoms with Crippen LogP contribution in [0.2, 0.25) is 16.6 Å². The summed E-state index contributed by atoms with van der Waals surface area (Å²) in [5, 5.41) is 0. The quantitative estimate of drug-likeness (QED) is 0.595. The Balaban J connectivity index is 1.84. The van der Waals surface area contributed by atoms with Crippen molar-refractivity contribution in [2.45, 2.75) is 82.8 Å². The summed E-state index contributed by atoms with van der Waals surface area (Å²) in [5.41, 5.74) is 2.61. The molecule has 0 saturated carbocycles.